The molecule has 0 aliphatic heterocycles. The second kappa shape index (κ2) is 7.34. The summed E-state index contributed by atoms with van der Waals surface area (Å²) in [6, 6.07) is 31.2. The van der Waals surface area contributed by atoms with Gasteiger partial charge in [0.1, 0.15) is 5.65 Å². The molecule has 0 N–H and O–H groups in total. The van der Waals surface area contributed by atoms with Gasteiger partial charge in [-0.15, -0.1) is 0 Å². The zero-order chi connectivity index (χ0) is 23.5. The maximum absolute atomic E-state index is 13.7. The normalized spacial score (nSPS) is 12.1. The molecule has 7 aromatic rings. The Bertz CT molecular complexity index is 2040. The molecule has 5 aromatic carbocycles. The number of pyridine rings is 1. The van der Waals surface area contributed by atoms with Crippen LogP contribution in [0.5, 0.6) is 0 Å². The second-order valence-electron chi connectivity index (χ2n) is 8.76. The number of hydrogen-bond acceptors (Lipinski definition) is 3. The van der Waals surface area contributed by atoms with Crippen LogP contribution < -0.4 is 5.56 Å². The number of imidazole rings is 1. The summed E-state index contributed by atoms with van der Waals surface area (Å²) in [5.74, 6) is -0.102. The molecule has 2 heterocycles. The van der Waals surface area contributed by atoms with E-state index in [9.17, 15) is 9.59 Å². The van der Waals surface area contributed by atoms with Crippen molar-refractivity contribution >= 4 is 60.9 Å². The number of nitrogens with zero attached hydrogens (tertiary/aromatic N) is 2. The van der Waals surface area contributed by atoms with Crippen LogP contribution in [0.4, 0.5) is 0 Å². The van der Waals surface area contributed by atoms with Crippen molar-refractivity contribution in [3.8, 4) is 0 Å². The monoisotopic (exact) mass is 450 g/mol. The summed E-state index contributed by atoms with van der Waals surface area (Å²) >= 11 is 0. The van der Waals surface area contributed by atoms with Crippen LogP contribution >= 0.6 is 0 Å². The molecule has 0 unspecified atom stereocenters. The lowest BCUT2D eigenvalue weighted by molar-refractivity contribution is 0.104. The molecular formula is C31H18N2O2. The highest BCUT2D eigenvalue weighted by Crippen LogP contribution is 2.33. The first-order chi connectivity index (χ1) is 17.2. The molecule has 0 bridgehead atoms. The maximum atomic E-state index is 13.7. The Balaban J connectivity index is 1.51. The van der Waals surface area contributed by atoms with E-state index in [4.69, 9.17) is 4.98 Å². The molecule has 0 aliphatic carbocycles. The number of carbonyl (C=O) groups excluding carboxylic acids is 1. The van der Waals surface area contributed by atoms with Crippen molar-refractivity contribution in [1.82, 2.24) is 9.38 Å². The molecule has 0 saturated carbocycles. The summed E-state index contributed by atoms with van der Waals surface area (Å²) in [6.07, 6.45) is 3.40. The molecule has 0 saturated heterocycles. The van der Waals surface area contributed by atoms with Gasteiger partial charge < -0.3 is 0 Å². The van der Waals surface area contributed by atoms with E-state index in [0.29, 0.717) is 16.6 Å². The predicted molar refractivity (Wildman–Crippen MR) is 142 cm³/mol. The summed E-state index contributed by atoms with van der Waals surface area (Å²) in [5.41, 5.74) is 3.58. The molecule has 7 rings (SSSR count). The molecule has 4 nitrogen and oxygen atoms in total. The van der Waals surface area contributed by atoms with Gasteiger partial charge in [0.05, 0.1) is 11.0 Å². The van der Waals surface area contributed by atoms with Crippen molar-refractivity contribution in [2.24, 2.45) is 0 Å². The van der Waals surface area contributed by atoms with Gasteiger partial charge >= 0.3 is 0 Å². The van der Waals surface area contributed by atoms with Crippen LogP contribution in [-0.4, -0.2) is 15.2 Å². The van der Waals surface area contributed by atoms with Gasteiger partial charge in [-0.05, 0) is 52.1 Å². The van der Waals surface area contributed by atoms with Gasteiger partial charge in [-0.2, -0.15) is 0 Å². The first-order valence-corrected chi connectivity index (χ1v) is 11.5. The third-order valence-corrected chi connectivity index (χ3v) is 6.73. The van der Waals surface area contributed by atoms with Crippen LogP contribution in [0, 0.1) is 0 Å². The largest absolute Gasteiger partial charge is 0.289 e. The molecule has 164 valence electrons. The fourth-order valence-electron chi connectivity index (χ4n) is 5.08. The zero-order valence-corrected chi connectivity index (χ0v) is 18.6. The van der Waals surface area contributed by atoms with Crippen molar-refractivity contribution in [3.63, 3.8) is 0 Å². The third kappa shape index (κ3) is 2.90. The molecule has 4 heteroatoms. The number of fused-ring (bicyclic) bond motifs is 5. The number of carbonyl (C=O) groups is 1. The van der Waals surface area contributed by atoms with Crippen molar-refractivity contribution in [2.75, 3.05) is 0 Å². The quantitative estimate of drug-likeness (QED) is 0.224. The molecule has 2 aromatic heterocycles. The van der Waals surface area contributed by atoms with Gasteiger partial charge in [0.15, 0.2) is 5.78 Å². The standard InChI is InChI=1S/C31H18N2O2/c34-28(16-13-19-7-2-1-3-8-19)22-14-15-25-29-23(22)11-6-12-24(29)30-32-26-17-20-9-4-5-10-21(20)18-27(26)33(30)31(25)35/h1-18H/b16-13+. The molecular weight excluding hydrogens is 432 g/mol. The Labute approximate surface area is 199 Å². The number of benzene rings is 5. The van der Waals surface area contributed by atoms with Crippen molar-refractivity contribution in [1.29, 1.82) is 0 Å². The summed E-state index contributed by atoms with van der Waals surface area (Å²) in [4.78, 5) is 31.8. The van der Waals surface area contributed by atoms with Crippen molar-refractivity contribution in [2.45, 2.75) is 0 Å². The first-order valence-electron chi connectivity index (χ1n) is 11.5. The highest BCUT2D eigenvalue weighted by atomic mass is 16.1. The van der Waals surface area contributed by atoms with Crippen molar-refractivity contribution < 1.29 is 4.79 Å². The average Bonchev–Trinajstić information content (AvgIpc) is 3.28. The molecule has 0 spiro atoms. The van der Waals surface area contributed by atoms with E-state index in [0.717, 1.165) is 43.5 Å². The van der Waals surface area contributed by atoms with Crippen LogP contribution in [0.25, 0.3) is 55.1 Å². The molecule has 0 aliphatic rings. The minimum Gasteiger partial charge on any atom is -0.289 e. The fourth-order valence-corrected chi connectivity index (χ4v) is 5.08. The molecule has 35 heavy (non-hydrogen) atoms. The minimum absolute atomic E-state index is 0.102. The zero-order valence-electron chi connectivity index (χ0n) is 18.6. The fraction of sp³-hybridized carbons (Fsp3) is 0. The first kappa shape index (κ1) is 19.6. The summed E-state index contributed by atoms with van der Waals surface area (Å²) < 4.78 is 1.70. The van der Waals surface area contributed by atoms with Gasteiger partial charge in [0.2, 0.25) is 0 Å². The number of allylic oxidation sites excluding steroid dienone is 1. The Kier molecular flexibility index (Phi) is 4.11. The number of ketones is 1. The third-order valence-electron chi connectivity index (χ3n) is 6.73. The van der Waals surface area contributed by atoms with Gasteiger partial charge in [0, 0.05) is 21.7 Å². The van der Waals surface area contributed by atoms with E-state index in [-0.39, 0.29) is 11.3 Å². The Hall–Kier alpha value is -4.83. The highest BCUT2D eigenvalue weighted by molar-refractivity contribution is 6.23. The topological polar surface area (TPSA) is 51.4 Å². The van der Waals surface area contributed by atoms with Gasteiger partial charge in [0.25, 0.3) is 5.56 Å². The lowest BCUT2D eigenvalue weighted by atomic mass is 9.95. The average molecular weight is 450 g/mol. The SMILES string of the molecule is O=C(/C=C/c1ccccc1)c1ccc2c(=O)n3c4cc5ccccc5cc4nc3c3cccc1c23. The highest BCUT2D eigenvalue weighted by Gasteiger charge is 2.19. The van der Waals surface area contributed by atoms with Crippen LogP contribution in [0.3, 0.4) is 0 Å². The number of aromatic nitrogens is 2. The van der Waals surface area contributed by atoms with E-state index in [1.165, 1.54) is 0 Å². The maximum Gasteiger partial charge on any atom is 0.264 e. The number of rotatable bonds is 3. The van der Waals surface area contributed by atoms with Crippen molar-refractivity contribution in [3.05, 3.63) is 125 Å². The van der Waals surface area contributed by atoms with Crippen LogP contribution in [-0.2, 0) is 0 Å². The molecule has 0 radical (unpaired) electrons. The lowest BCUT2D eigenvalue weighted by Crippen LogP contribution is -2.14. The number of hydrogen-bond donors (Lipinski definition) is 0. The summed E-state index contributed by atoms with van der Waals surface area (Å²) in [7, 11) is 0. The van der Waals surface area contributed by atoms with Crippen LogP contribution in [0.15, 0.2) is 108 Å². The second-order valence-corrected chi connectivity index (χ2v) is 8.76. The van der Waals surface area contributed by atoms with Crippen LogP contribution in [0.1, 0.15) is 15.9 Å². The summed E-state index contributed by atoms with van der Waals surface area (Å²) in [5, 5.41) is 5.13. The Morgan fingerprint density at radius 2 is 1.49 bits per heavy atom. The smallest absolute Gasteiger partial charge is 0.264 e. The van der Waals surface area contributed by atoms with E-state index < -0.39 is 0 Å². The Morgan fingerprint density at radius 3 is 2.31 bits per heavy atom. The lowest BCUT2D eigenvalue weighted by Gasteiger charge is -2.10. The van der Waals surface area contributed by atoms with Gasteiger partial charge in [-0.3, -0.25) is 14.0 Å². The summed E-state index contributed by atoms with van der Waals surface area (Å²) in [6.45, 7) is 0. The van der Waals surface area contributed by atoms with Crippen LogP contribution in [0.2, 0.25) is 0 Å². The van der Waals surface area contributed by atoms with E-state index in [1.807, 2.05) is 91.0 Å². The van der Waals surface area contributed by atoms with Gasteiger partial charge in [-0.1, -0.05) is 78.9 Å². The van der Waals surface area contributed by atoms with E-state index in [1.54, 1.807) is 22.6 Å². The predicted octanol–water partition coefficient (Wildman–Crippen LogP) is 6.64. The molecule has 0 amide bonds. The van der Waals surface area contributed by atoms with Gasteiger partial charge in [-0.25, -0.2) is 4.98 Å². The Morgan fingerprint density at radius 1 is 0.743 bits per heavy atom. The van der Waals surface area contributed by atoms with E-state index in [2.05, 4.69) is 0 Å². The minimum atomic E-state index is -0.125. The molecule has 0 atom stereocenters. The van der Waals surface area contributed by atoms with E-state index >= 15 is 0 Å². The molecule has 0 fully saturated rings.